The van der Waals surface area contributed by atoms with Gasteiger partial charge in [-0.3, -0.25) is 9.59 Å². The van der Waals surface area contributed by atoms with Gasteiger partial charge in [0.05, 0.1) is 6.61 Å². The molecule has 0 unspecified atom stereocenters. The smallest absolute Gasteiger partial charge is 0.323 e. The van der Waals surface area contributed by atoms with Crippen LogP contribution in [-0.2, 0) is 16.1 Å². The van der Waals surface area contributed by atoms with Crippen molar-refractivity contribution in [2.24, 2.45) is 0 Å². The summed E-state index contributed by atoms with van der Waals surface area (Å²) in [6, 6.07) is 9.19. The summed E-state index contributed by atoms with van der Waals surface area (Å²) >= 11 is 1.07. The fourth-order valence-corrected chi connectivity index (χ4v) is 2.29. The molecule has 2 N–H and O–H groups in total. The Morgan fingerprint density at radius 3 is 2.60 bits per heavy atom. The Bertz CT molecular complexity index is 426. The first-order valence-corrected chi connectivity index (χ1v) is 7.44. The Labute approximate surface area is 123 Å². The van der Waals surface area contributed by atoms with Crippen LogP contribution in [0.15, 0.2) is 30.3 Å². The number of ether oxygens (including phenoxy) is 1. The van der Waals surface area contributed by atoms with E-state index in [9.17, 15) is 9.59 Å². The number of carbonyl (C=O) groups excluding carboxylic acids is 2. The second-order valence-electron chi connectivity index (χ2n) is 4.03. The minimum absolute atomic E-state index is 0.154. The lowest BCUT2D eigenvalue weighted by Crippen LogP contribution is -2.38. The van der Waals surface area contributed by atoms with E-state index in [-0.39, 0.29) is 11.2 Å². The number of hydrogen-bond acceptors (Lipinski definition) is 5. The number of rotatable bonds is 7. The van der Waals surface area contributed by atoms with E-state index in [2.05, 4.69) is 10.6 Å². The topological polar surface area (TPSA) is 67.4 Å². The molecule has 110 valence electrons. The molecule has 0 bridgehead atoms. The highest BCUT2D eigenvalue weighted by Gasteiger charge is 2.19. The number of amides is 1. The number of carbonyl (C=O) groups is 2. The lowest BCUT2D eigenvalue weighted by atomic mass is 10.2. The van der Waals surface area contributed by atoms with Crippen LogP contribution >= 0.6 is 11.8 Å². The molecule has 1 atom stereocenters. The fourth-order valence-electron chi connectivity index (χ4n) is 1.49. The van der Waals surface area contributed by atoms with Crippen molar-refractivity contribution in [2.75, 3.05) is 19.4 Å². The number of nitrogens with one attached hydrogen (secondary N) is 2. The maximum atomic E-state index is 11.7. The summed E-state index contributed by atoms with van der Waals surface area (Å²) < 4.78 is 4.91. The van der Waals surface area contributed by atoms with Crippen LogP contribution in [0.25, 0.3) is 0 Å². The summed E-state index contributed by atoms with van der Waals surface area (Å²) in [6.07, 6.45) is 0. The van der Waals surface area contributed by atoms with Crippen molar-refractivity contribution in [3.8, 4) is 0 Å². The van der Waals surface area contributed by atoms with Crippen LogP contribution in [0, 0.1) is 0 Å². The molecule has 0 aliphatic heterocycles. The second-order valence-corrected chi connectivity index (χ2v) is 5.02. The van der Waals surface area contributed by atoms with Crippen molar-refractivity contribution < 1.29 is 14.3 Å². The molecule has 0 spiro atoms. The number of likely N-dealkylation sites (N-methyl/N-ethyl adjacent to an activating group) is 1. The van der Waals surface area contributed by atoms with E-state index in [1.807, 2.05) is 30.3 Å². The van der Waals surface area contributed by atoms with E-state index in [0.29, 0.717) is 18.9 Å². The maximum absolute atomic E-state index is 11.7. The number of thioether (sulfide) groups is 1. The number of benzene rings is 1. The third-order valence-electron chi connectivity index (χ3n) is 2.58. The Hall–Kier alpha value is -1.53. The molecular weight excluding hydrogens is 276 g/mol. The Morgan fingerprint density at radius 1 is 1.30 bits per heavy atom. The summed E-state index contributed by atoms with van der Waals surface area (Å²) in [5.41, 5.74) is 1.04. The van der Waals surface area contributed by atoms with E-state index in [1.54, 1.807) is 14.0 Å². The second kappa shape index (κ2) is 9.39. The fraction of sp³-hybridized carbons (Fsp3) is 0.429. The first-order chi connectivity index (χ1) is 9.67. The van der Waals surface area contributed by atoms with Gasteiger partial charge in [0, 0.05) is 12.3 Å². The molecule has 0 saturated carbocycles. The molecule has 0 aromatic heterocycles. The van der Waals surface area contributed by atoms with Gasteiger partial charge < -0.3 is 15.4 Å². The van der Waals surface area contributed by atoms with Gasteiger partial charge in [0.25, 0.3) is 5.24 Å². The van der Waals surface area contributed by atoms with Crippen molar-refractivity contribution in [3.05, 3.63) is 35.9 Å². The largest absolute Gasteiger partial charge is 0.465 e. The van der Waals surface area contributed by atoms with Crippen molar-refractivity contribution >= 4 is 23.0 Å². The van der Waals surface area contributed by atoms with Gasteiger partial charge in [0.2, 0.25) is 0 Å². The SMILES string of the molecule is CCOC(=O)[C@H](CSC(=O)NCc1ccccc1)NC. The van der Waals surface area contributed by atoms with Gasteiger partial charge in [-0.1, -0.05) is 42.1 Å². The molecule has 20 heavy (non-hydrogen) atoms. The highest BCUT2D eigenvalue weighted by Crippen LogP contribution is 2.07. The molecule has 0 aliphatic rings. The third-order valence-corrected chi connectivity index (χ3v) is 3.49. The monoisotopic (exact) mass is 296 g/mol. The minimum atomic E-state index is -0.470. The van der Waals surface area contributed by atoms with Crippen LogP contribution in [-0.4, -0.2) is 36.7 Å². The Morgan fingerprint density at radius 2 is 2.00 bits per heavy atom. The molecule has 0 heterocycles. The van der Waals surface area contributed by atoms with Crippen molar-refractivity contribution in [3.63, 3.8) is 0 Å². The summed E-state index contributed by atoms with van der Waals surface area (Å²) in [5, 5.41) is 5.48. The third kappa shape index (κ3) is 6.08. The van der Waals surface area contributed by atoms with Crippen LogP contribution in [0.5, 0.6) is 0 Å². The Kier molecular flexibility index (Phi) is 7.75. The van der Waals surface area contributed by atoms with E-state index in [0.717, 1.165) is 17.3 Å². The lowest BCUT2D eigenvalue weighted by Gasteiger charge is -2.13. The molecule has 1 rings (SSSR count). The van der Waals surface area contributed by atoms with E-state index < -0.39 is 6.04 Å². The van der Waals surface area contributed by atoms with Gasteiger partial charge in [-0.15, -0.1) is 0 Å². The maximum Gasteiger partial charge on any atom is 0.323 e. The van der Waals surface area contributed by atoms with Gasteiger partial charge in [-0.2, -0.15) is 0 Å². The van der Waals surface area contributed by atoms with Crippen LogP contribution in [0.3, 0.4) is 0 Å². The zero-order valence-electron chi connectivity index (χ0n) is 11.7. The van der Waals surface area contributed by atoms with Gasteiger partial charge in [-0.05, 0) is 19.5 Å². The first-order valence-electron chi connectivity index (χ1n) is 6.45. The summed E-state index contributed by atoms with van der Waals surface area (Å²) in [5.74, 6) is 0.00836. The van der Waals surface area contributed by atoms with Crippen molar-refractivity contribution in [1.82, 2.24) is 10.6 Å². The molecule has 5 nitrogen and oxygen atoms in total. The van der Waals surface area contributed by atoms with Gasteiger partial charge in [0.1, 0.15) is 6.04 Å². The van der Waals surface area contributed by atoms with Crippen molar-refractivity contribution in [2.45, 2.75) is 19.5 Å². The van der Waals surface area contributed by atoms with E-state index in [4.69, 9.17) is 4.74 Å². The average Bonchev–Trinajstić information content (AvgIpc) is 2.47. The van der Waals surface area contributed by atoms with Gasteiger partial charge in [-0.25, -0.2) is 0 Å². The predicted molar refractivity (Wildman–Crippen MR) is 80.6 cm³/mol. The van der Waals surface area contributed by atoms with E-state index >= 15 is 0 Å². The number of hydrogen-bond donors (Lipinski definition) is 2. The minimum Gasteiger partial charge on any atom is -0.465 e. The first kappa shape index (κ1) is 16.5. The van der Waals surface area contributed by atoms with Gasteiger partial charge in [0.15, 0.2) is 0 Å². The molecule has 1 aromatic carbocycles. The lowest BCUT2D eigenvalue weighted by molar-refractivity contribution is -0.144. The normalized spacial score (nSPS) is 11.7. The molecule has 0 radical (unpaired) electrons. The van der Waals surface area contributed by atoms with E-state index in [1.165, 1.54) is 0 Å². The summed E-state index contributed by atoms with van der Waals surface area (Å²) in [7, 11) is 1.67. The highest BCUT2D eigenvalue weighted by molar-refractivity contribution is 8.13. The van der Waals surface area contributed by atoms with Crippen LogP contribution in [0.4, 0.5) is 4.79 Å². The molecule has 1 amide bonds. The number of esters is 1. The van der Waals surface area contributed by atoms with Gasteiger partial charge >= 0.3 is 5.97 Å². The molecule has 1 aromatic rings. The zero-order chi connectivity index (χ0) is 14.8. The molecule has 0 fully saturated rings. The summed E-state index contributed by atoms with van der Waals surface area (Å²) in [6.45, 7) is 2.57. The summed E-state index contributed by atoms with van der Waals surface area (Å²) in [4.78, 5) is 23.2. The van der Waals surface area contributed by atoms with Crippen LogP contribution in [0.1, 0.15) is 12.5 Å². The molecular formula is C14H20N2O3S. The molecule has 0 aliphatic carbocycles. The van der Waals surface area contributed by atoms with Crippen molar-refractivity contribution in [1.29, 1.82) is 0 Å². The molecule has 6 heteroatoms. The zero-order valence-corrected chi connectivity index (χ0v) is 12.5. The Balaban J connectivity index is 2.29. The van der Waals surface area contributed by atoms with Crippen LogP contribution in [0.2, 0.25) is 0 Å². The highest BCUT2D eigenvalue weighted by atomic mass is 32.2. The standard InChI is InChI=1S/C14H20N2O3S/c1-3-19-13(17)12(15-2)10-20-14(18)16-9-11-7-5-4-6-8-11/h4-8,12,15H,3,9-10H2,1-2H3,(H,16,18)/t12-/m0/s1. The van der Waals surface area contributed by atoms with Crippen LogP contribution < -0.4 is 10.6 Å². The predicted octanol–water partition coefficient (Wildman–Crippen LogP) is 1.78. The average molecular weight is 296 g/mol. The molecule has 0 saturated heterocycles. The quantitative estimate of drug-likeness (QED) is 0.751.